The van der Waals surface area contributed by atoms with Crippen LogP contribution in [0, 0.1) is 0 Å². The Balaban J connectivity index is 0.00000729. The fourth-order valence-electron chi connectivity index (χ4n) is 2.23. The topological polar surface area (TPSA) is 86.8 Å². The molecule has 0 aliphatic heterocycles. The lowest BCUT2D eigenvalue weighted by Crippen LogP contribution is -2.54. The number of carbonyl (C=O) groups is 1. The fraction of sp³-hybridized carbons (Fsp3) is 0.600. The Morgan fingerprint density at radius 1 is 1.04 bits per heavy atom. The number of nitrogens with one attached hydrogen (secondary N) is 4. The Morgan fingerprint density at radius 3 is 2.25 bits per heavy atom. The SMILES string of the molecule is CN=C(NCCCNc1ccccc1)NCC(C)(C)NC(=O)OC(C)(C)C.I. The highest BCUT2D eigenvalue weighted by Gasteiger charge is 2.24. The molecule has 1 aromatic carbocycles. The predicted octanol–water partition coefficient (Wildman–Crippen LogP) is 3.57. The second kappa shape index (κ2) is 12.7. The number of carbonyl (C=O) groups excluding carboxylic acids is 1. The Hall–Kier alpha value is -1.71. The van der Waals surface area contributed by atoms with Gasteiger partial charge in [-0.15, -0.1) is 24.0 Å². The number of hydrogen-bond acceptors (Lipinski definition) is 4. The number of hydrogen-bond donors (Lipinski definition) is 4. The molecule has 0 saturated carbocycles. The highest BCUT2D eigenvalue weighted by molar-refractivity contribution is 14.0. The molecule has 0 saturated heterocycles. The summed E-state index contributed by atoms with van der Waals surface area (Å²) in [5.41, 5.74) is 0.128. The van der Waals surface area contributed by atoms with Gasteiger partial charge in [0.15, 0.2) is 5.96 Å². The van der Waals surface area contributed by atoms with Crippen molar-refractivity contribution in [3.8, 4) is 0 Å². The number of aliphatic imine (C=N–C) groups is 1. The maximum Gasteiger partial charge on any atom is 0.408 e. The molecule has 0 aliphatic rings. The number of benzene rings is 1. The molecule has 28 heavy (non-hydrogen) atoms. The van der Waals surface area contributed by atoms with Crippen LogP contribution in [-0.2, 0) is 4.74 Å². The van der Waals surface area contributed by atoms with Gasteiger partial charge in [-0.25, -0.2) is 4.79 Å². The van der Waals surface area contributed by atoms with Gasteiger partial charge in [0.1, 0.15) is 5.60 Å². The molecule has 0 aliphatic carbocycles. The van der Waals surface area contributed by atoms with Crippen LogP contribution in [0.4, 0.5) is 10.5 Å². The molecule has 8 heteroatoms. The van der Waals surface area contributed by atoms with Gasteiger partial charge in [-0.1, -0.05) is 18.2 Å². The van der Waals surface area contributed by atoms with E-state index in [1.54, 1.807) is 7.05 Å². The van der Waals surface area contributed by atoms with Crippen molar-refractivity contribution in [3.05, 3.63) is 30.3 Å². The van der Waals surface area contributed by atoms with E-state index >= 15 is 0 Å². The van der Waals surface area contributed by atoms with E-state index in [1.807, 2.05) is 65.0 Å². The Labute approximate surface area is 186 Å². The Bertz CT molecular complexity index is 600. The third-order valence-electron chi connectivity index (χ3n) is 3.51. The summed E-state index contributed by atoms with van der Waals surface area (Å²) in [6, 6.07) is 10.1. The average Bonchev–Trinajstić information content (AvgIpc) is 2.56. The molecule has 160 valence electrons. The molecule has 0 unspecified atom stereocenters. The van der Waals surface area contributed by atoms with Crippen LogP contribution in [0.5, 0.6) is 0 Å². The van der Waals surface area contributed by atoms with Gasteiger partial charge >= 0.3 is 6.09 Å². The molecule has 0 heterocycles. The summed E-state index contributed by atoms with van der Waals surface area (Å²) in [5.74, 6) is 0.703. The monoisotopic (exact) mass is 505 g/mol. The van der Waals surface area contributed by atoms with Gasteiger partial charge in [0.25, 0.3) is 0 Å². The molecule has 0 bridgehead atoms. The molecule has 0 spiro atoms. The quantitative estimate of drug-likeness (QED) is 0.188. The largest absolute Gasteiger partial charge is 0.444 e. The maximum atomic E-state index is 11.9. The summed E-state index contributed by atoms with van der Waals surface area (Å²) >= 11 is 0. The lowest BCUT2D eigenvalue weighted by Gasteiger charge is -2.29. The van der Waals surface area contributed by atoms with E-state index in [2.05, 4.69) is 26.3 Å². The first-order valence-electron chi connectivity index (χ1n) is 9.36. The van der Waals surface area contributed by atoms with Gasteiger partial charge in [0.2, 0.25) is 0 Å². The van der Waals surface area contributed by atoms with Gasteiger partial charge in [-0.3, -0.25) is 4.99 Å². The molecule has 0 aromatic heterocycles. The number of alkyl carbamates (subject to hydrolysis) is 1. The van der Waals surface area contributed by atoms with Crippen molar-refractivity contribution in [1.82, 2.24) is 16.0 Å². The fourth-order valence-corrected chi connectivity index (χ4v) is 2.23. The third kappa shape index (κ3) is 12.6. The number of amides is 1. The number of guanidine groups is 1. The lowest BCUT2D eigenvalue weighted by atomic mass is 10.1. The zero-order valence-electron chi connectivity index (χ0n) is 17.9. The summed E-state index contributed by atoms with van der Waals surface area (Å²) in [4.78, 5) is 16.2. The summed E-state index contributed by atoms with van der Waals surface area (Å²) < 4.78 is 5.30. The van der Waals surface area contributed by atoms with Gasteiger partial charge in [-0.05, 0) is 53.2 Å². The van der Waals surface area contributed by atoms with E-state index < -0.39 is 17.2 Å². The number of anilines is 1. The van der Waals surface area contributed by atoms with Crippen LogP contribution >= 0.6 is 24.0 Å². The molecule has 0 atom stereocenters. The third-order valence-corrected chi connectivity index (χ3v) is 3.51. The van der Waals surface area contributed by atoms with E-state index in [9.17, 15) is 4.79 Å². The second-order valence-electron chi connectivity index (χ2n) is 8.01. The molecule has 0 radical (unpaired) electrons. The van der Waals surface area contributed by atoms with Gasteiger partial charge in [0.05, 0.1) is 5.54 Å². The normalized spacial score (nSPS) is 11.9. The highest BCUT2D eigenvalue weighted by atomic mass is 127. The van der Waals surface area contributed by atoms with Gasteiger partial charge in [0, 0.05) is 32.4 Å². The van der Waals surface area contributed by atoms with Gasteiger partial charge < -0.3 is 26.0 Å². The lowest BCUT2D eigenvalue weighted by molar-refractivity contribution is 0.0474. The zero-order valence-corrected chi connectivity index (χ0v) is 20.2. The van der Waals surface area contributed by atoms with Crippen LogP contribution in [-0.4, -0.2) is 49.9 Å². The van der Waals surface area contributed by atoms with Crippen molar-refractivity contribution in [3.63, 3.8) is 0 Å². The van der Waals surface area contributed by atoms with Crippen molar-refractivity contribution >= 4 is 41.7 Å². The van der Waals surface area contributed by atoms with Crippen molar-refractivity contribution in [2.45, 2.75) is 52.2 Å². The van der Waals surface area contributed by atoms with Crippen molar-refractivity contribution in [1.29, 1.82) is 0 Å². The maximum absolute atomic E-state index is 11.9. The van der Waals surface area contributed by atoms with E-state index in [4.69, 9.17) is 4.74 Å². The Morgan fingerprint density at radius 2 is 1.68 bits per heavy atom. The first-order chi connectivity index (χ1) is 12.6. The van der Waals surface area contributed by atoms with Crippen LogP contribution in [0.2, 0.25) is 0 Å². The molecule has 1 aromatic rings. The standard InChI is InChI=1S/C20H35N5O2.HI/c1-19(2,3)27-18(26)25-20(4,5)15-24-17(21-6)23-14-10-13-22-16-11-8-7-9-12-16;/h7-9,11-12,22H,10,13-15H2,1-6H3,(H,25,26)(H2,21,23,24);1H. The number of halogens is 1. The van der Waals surface area contributed by atoms with Crippen LogP contribution in [0.3, 0.4) is 0 Å². The summed E-state index contributed by atoms with van der Waals surface area (Å²) in [6.07, 6.45) is 0.527. The molecular formula is C20H36IN5O2. The minimum absolute atomic E-state index is 0. The summed E-state index contributed by atoms with van der Waals surface area (Å²) in [6.45, 7) is 11.6. The van der Waals surface area contributed by atoms with Crippen molar-refractivity contribution in [2.24, 2.45) is 4.99 Å². The summed E-state index contributed by atoms with van der Waals surface area (Å²) in [5, 5.41) is 12.8. The van der Waals surface area contributed by atoms with Crippen LogP contribution in [0.25, 0.3) is 0 Å². The second-order valence-corrected chi connectivity index (χ2v) is 8.01. The molecular weight excluding hydrogens is 469 g/mol. The van der Waals surface area contributed by atoms with Crippen molar-refractivity contribution < 1.29 is 9.53 Å². The smallest absolute Gasteiger partial charge is 0.408 e. The number of para-hydroxylation sites is 1. The van der Waals surface area contributed by atoms with E-state index in [-0.39, 0.29) is 24.0 Å². The van der Waals surface area contributed by atoms with Crippen LogP contribution in [0.1, 0.15) is 41.0 Å². The number of ether oxygens (including phenoxy) is 1. The van der Waals surface area contributed by atoms with E-state index in [0.717, 1.165) is 25.2 Å². The van der Waals surface area contributed by atoms with Crippen molar-refractivity contribution in [2.75, 3.05) is 32.0 Å². The molecule has 0 fully saturated rings. The minimum Gasteiger partial charge on any atom is -0.444 e. The molecule has 1 amide bonds. The van der Waals surface area contributed by atoms with Gasteiger partial charge in [-0.2, -0.15) is 0 Å². The van der Waals surface area contributed by atoms with Crippen LogP contribution in [0.15, 0.2) is 35.3 Å². The first kappa shape index (κ1) is 26.3. The highest BCUT2D eigenvalue weighted by Crippen LogP contribution is 2.09. The minimum atomic E-state index is -0.515. The number of rotatable bonds is 8. The molecule has 4 N–H and O–H groups in total. The number of nitrogens with zero attached hydrogens (tertiary/aromatic N) is 1. The predicted molar refractivity (Wildman–Crippen MR) is 128 cm³/mol. The first-order valence-corrected chi connectivity index (χ1v) is 9.36. The van der Waals surface area contributed by atoms with Crippen LogP contribution < -0.4 is 21.3 Å². The van der Waals surface area contributed by atoms with E-state index in [1.165, 1.54) is 0 Å². The molecule has 7 nitrogen and oxygen atoms in total. The van der Waals surface area contributed by atoms with E-state index in [0.29, 0.717) is 12.5 Å². The zero-order chi connectivity index (χ0) is 20.3. The Kier molecular flexibility index (Phi) is 11.9. The molecule has 1 rings (SSSR count). The summed E-state index contributed by atoms with van der Waals surface area (Å²) in [7, 11) is 1.73. The average molecular weight is 505 g/mol.